The lowest BCUT2D eigenvalue weighted by molar-refractivity contribution is 0.0286. The highest BCUT2D eigenvalue weighted by Gasteiger charge is 2.71. The molecule has 0 amide bonds. The van der Waals surface area contributed by atoms with Crippen LogP contribution in [0, 0.1) is 5.41 Å². The lowest BCUT2D eigenvalue weighted by Gasteiger charge is -2.44. The van der Waals surface area contributed by atoms with E-state index in [4.69, 9.17) is 4.43 Å². The van der Waals surface area contributed by atoms with Gasteiger partial charge in [0.2, 0.25) is 0 Å². The number of hydrogen-bond donors (Lipinski definition) is 0. The Morgan fingerprint density at radius 3 is 1.68 bits per heavy atom. The van der Waals surface area contributed by atoms with Crippen molar-refractivity contribution in [2.45, 2.75) is 38.2 Å². The summed E-state index contributed by atoms with van der Waals surface area (Å²) < 4.78 is 35.6. The van der Waals surface area contributed by atoms with Gasteiger partial charge in [-0.15, -0.1) is 0 Å². The van der Waals surface area contributed by atoms with Gasteiger partial charge >= 0.3 is 0 Å². The van der Waals surface area contributed by atoms with Gasteiger partial charge in [-0.25, -0.2) is 8.78 Å². The fourth-order valence-corrected chi connectivity index (χ4v) is 9.02. The van der Waals surface area contributed by atoms with Crippen LogP contribution in [-0.2, 0) is 4.43 Å². The Hall–Kier alpha value is -1.56. The zero-order chi connectivity index (χ0) is 20.6. The van der Waals surface area contributed by atoms with E-state index < -0.39 is 19.7 Å². The highest BCUT2D eigenvalue weighted by molar-refractivity contribution is 6.99. The second-order valence-corrected chi connectivity index (χ2v) is 13.7. The van der Waals surface area contributed by atoms with Gasteiger partial charge in [-0.3, -0.25) is 0 Å². The molecule has 0 N–H and O–H groups in total. The Labute approximate surface area is 168 Å². The summed E-state index contributed by atoms with van der Waals surface area (Å²) in [4.78, 5) is 1.84. The molecule has 1 fully saturated rings. The van der Waals surface area contributed by atoms with Gasteiger partial charge in [-0.1, -0.05) is 81.4 Å². The van der Waals surface area contributed by atoms with E-state index in [-0.39, 0.29) is 18.1 Å². The first kappa shape index (κ1) is 21.2. The molecule has 3 rings (SSSR count). The molecule has 0 radical (unpaired) electrons. The standard InChI is InChI=1S/C23H31F2NOSi/c1-21(2,3)28(19-12-8-6-9-13-19,20-14-10-7-11-15-20)27-18-22(17-26(4)5)16-23(22,24)25/h6-15H,16-18H2,1-5H3. The Bertz CT molecular complexity index is 750. The number of halogens is 2. The molecule has 1 atom stereocenters. The van der Waals surface area contributed by atoms with Gasteiger partial charge in [0.1, 0.15) is 0 Å². The Morgan fingerprint density at radius 1 is 0.929 bits per heavy atom. The molecular weight excluding hydrogens is 372 g/mol. The van der Waals surface area contributed by atoms with Gasteiger partial charge in [0, 0.05) is 19.6 Å². The molecule has 1 aliphatic rings. The SMILES string of the molecule is CN(C)CC1(CO[Si](c2ccccc2)(c2ccccc2)C(C)(C)C)CC1(F)F. The first-order valence-electron chi connectivity index (χ1n) is 9.82. The van der Waals surface area contributed by atoms with Crippen molar-refractivity contribution in [3.8, 4) is 0 Å². The molecule has 0 heterocycles. The largest absolute Gasteiger partial charge is 0.407 e. The van der Waals surface area contributed by atoms with Crippen LogP contribution in [0.15, 0.2) is 60.7 Å². The van der Waals surface area contributed by atoms with Crippen molar-refractivity contribution in [1.82, 2.24) is 4.90 Å². The number of nitrogens with zero attached hydrogens (tertiary/aromatic N) is 1. The quantitative estimate of drug-likeness (QED) is 0.644. The number of benzene rings is 2. The zero-order valence-corrected chi connectivity index (χ0v) is 18.5. The monoisotopic (exact) mass is 403 g/mol. The topological polar surface area (TPSA) is 12.5 Å². The number of alkyl halides is 2. The predicted molar refractivity (Wildman–Crippen MR) is 114 cm³/mol. The van der Waals surface area contributed by atoms with Gasteiger partial charge in [0.15, 0.2) is 0 Å². The highest BCUT2D eigenvalue weighted by atomic mass is 28.4. The molecule has 1 unspecified atom stereocenters. The Morgan fingerprint density at radius 2 is 1.36 bits per heavy atom. The van der Waals surface area contributed by atoms with E-state index >= 15 is 0 Å². The van der Waals surface area contributed by atoms with Gasteiger partial charge in [0.05, 0.1) is 5.41 Å². The average molecular weight is 404 g/mol. The van der Waals surface area contributed by atoms with Crippen molar-refractivity contribution in [1.29, 1.82) is 0 Å². The highest BCUT2D eigenvalue weighted by Crippen LogP contribution is 2.61. The molecule has 0 spiro atoms. The van der Waals surface area contributed by atoms with E-state index in [0.717, 1.165) is 10.4 Å². The average Bonchev–Trinajstić information content (AvgIpc) is 3.15. The van der Waals surface area contributed by atoms with Crippen molar-refractivity contribution in [3.05, 3.63) is 60.7 Å². The zero-order valence-electron chi connectivity index (χ0n) is 17.5. The van der Waals surface area contributed by atoms with E-state index in [2.05, 4.69) is 45.0 Å². The Balaban J connectivity index is 2.07. The fourth-order valence-electron chi connectivity index (χ4n) is 4.37. The molecule has 1 saturated carbocycles. The number of rotatable bonds is 7. The van der Waals surface area contributed by atoms with Gasteiger partial charge in [0.25, 0.3) is 14.2 Å². The normalized spacial score (nSPS) is 21.7. The lowest BCUT2D eigenvalue weighted by atomic mass is 10.1. The first-order chi connectivity index (χ1) is 13.0. The molecule has 2 aromatic carbocycles. The molecule has 0 aromatic heterocycles. The summed E-state index contributed by atoms with van der Waals surface area (Å²) in [5.74, 6) is -2.66. The van der Waals surface area contributed by atoms with Crippen molar-refractivity contribution in [2.24, 2.45) is 5.41 Å². The molecule has 2 aromatic rings. The van der Waals surface area contributed by atoms with E-state index in [1.165, 1.54) is 0 Å². The second-order valence-electron chi connectivity index (χ2n) is 9.35. The lowest BCUT2D eigenvalue weighted by Crippen LogP contribution is -2.67. The summed E-state index contributed by atoms with van der Waals surface area (Å²) in [5.41, 5.74) is -1.09. The van der Waals surface area contributed by atoms with E-state index in [0.29, 0.717) is 6.54 Å². The predicted octanol–water partition coefficient (Wildman–Crippen LogP) is 4.15. The summed E-state index contributed by atoms with van der Waals surface area (Å²) in [6, 6.07) is 20.4. The summed E-state index contributed by atoms with van der Waals surface area (Å²) in [7, 11) is 0.908. The summed E-state index contributed by atoms with van der Waals surface area (Å²) >= 11 is 0. The Kier molecular flexibility index (Phi) is 5.56. The van der Waals surface area contributed by atoms with Crippen molar-refractivity contribution >= 4 is 18.7 Å². The third kappa shape index (κ3) is 3.67. The summed E-state index contributed by atoms with van der Waals surface area (Å²) in [6.45, 7) is 6.91. The van der Waals surface area contributed by atoms with Gasteiger partial charge < -0.3 is 9.33 Å². The van der Waals surface area contributed by atoms with Crippen LogP contribution in [0.5, 0.6) is 0 Å². The molecular formula is C23H31F2NOSi. The molecule has 28 heavy (non-hydrogen) atoms. The van der Waals surface area contributed by atoms with Crippen LogP contribution < -0.4 is 10.4 Å². The van der Waals surface area contributed by atoms with Gasteiger partial charge in [-0.05, 0) is 29.5 Å². The maximum absolute atomic E-state index is 14.4. The van der Waals surface area contributed by atoms with Crippen LogP contribution in [0.3, 0.4) is 0 Å². The van der Waals surface area contributed by atoms with Crippen molar-refractivity contribution < 1.29 is 13.2 Å². The third-order valence-corrected chi connectivity index (χ3v) is 10.8. The summed E-state index contributed by atoms with van der Waals surface area (Å²) in [6.07, 6.45) is -0.101. The third-order valence-electron chi connectivity index (χ3n) is 5.81. The van der Waals surface area contributed by atoms with E-state index in [1.807, 2.05) is 55.4 Å². The molecule has 152 valence electrons. The minimum absolute atomic E-state index is 0.0749. The van der Waals surface area contributed by atoms with Crippen molar-refractivity contribution in [2.75, 3.05) is 27.2 Å². The number of hydrogen-bond acceptors (Lipinski definition) is 2. The van der Waals surface area contributed by atoms with Crippen LogP contribution in [0.2, 0.25) is 5.04 Å². The summed E-state index contributed by atoms with van der Waals surface area (Å²) in [5, 5.41) is 2.04. The van der Waals surface area contributed by atoms with Crippen molar-refractivity contribution in [3.63, 3.8) is 0 Å². The molecule has 0 bridgehead atoms. The van der Waals surface area contributed by atoms with E-state index in [1.54, 1.807) is 0 Å². The molecule has 0 saturated heterocycles. The molecule has 1 aliphatic carbocycles. The second kappa shape index (κ2) is 7.36. The maximum atomic E-state index is 14.4. The fraction of sp³-hybridized carbons (Fsp3) is 0.478. The van der Waals surface area contributed by atoms with Gasteiger partial charge in [-0.2, -0.15) is 0 Å². The van der Waals surface area contributed by atoms with E-state index in [9.17, 15) is 8.78 Å². The van der Waals surface area contributed by atoms with Crippen LogP contribution in [0.25, 0.3) is 0 Å². The maximum Gasteiger partial charge on any atom is 0.261 e. The molecule has 2 nitrogen and oxygen atoms in total. The van der Waals surface area contributed by atoms with Crippen LogP contribution in [0.4, 0.5) is 8.78 Å². The molecule has 0 aliphatic heterocycles. The molecule has 5 heteroatoms. The van der Waals surface area contributed by atoms with Crippen LogP contribution in [-0.4, -0.2) is 46.4 Å². The minimum atomic E-state index is -2.78. The first-order valence-corrected chi connectivity index (χ1v) is 11.7. The van der Waals surface area contributed by atoms with Crippen LogP contribution in [0.1, 0.15) is 27.2 Å². The smallest absolute Gasteiger partial charge is 0.261 e. The van der Waals surface area contributed by atoms with Crippen LogP contribution >= 0.6 is 0 Å². The minimum Gasteiger partial charge on any atom is -0.407 e.